The Morgan fingerprint density at radius 2 is 1.24 bits per heavy atom. The van der Waals surface area contributed by atoms with E-state index in [9.17, 15) is 17.6 Å². The van der Waals surface area contributed by atoms with E-state index in [1.165, 1.54) is 25.0 Å². The number of piperidine rings is 1. The maximum atomic E-state index is 13.9. The van der Waals surface area contributed by atoms with Gasteiger partial charge in [0, 0.05) is 25.7 Å². The maximum absolute atomic E-state index is 13.9. The number of hydrogen-bond donors (Lipinski definition) is 0. The Bertz CT molecular complexity index is 871. The summed E-state index contributed by atoms with van der Waals surface area (Å²) in [5, 5.41) is 0. The summed E-state index contributed by atoms with van der Waals surface area (Å²) in [7, 11) is 4.54. The molecule has 2 heterocycles. The van der Waals surface area contributed by atoms with Crippen LogP contribution in [-0.2, 0) is 0 Å². The predicted octanol–water partition coefficient (Wildman–Crippen LogP) is 2.70. The fourth-order valence-electron chi connectivity index (χ4n) is 4.98. The average molecular weight is 470 g/mol. The molecule has 0 aromatic heterocycles. The summed E-state index contributed by atoms with van der Waals surface area (Å²) in [6, 6.07) is 8.50. The molecule has 2 fully saturated rings. The van der Waals surface area contributed by atoms with Gasteiger partial charge in [-0.05, 0) is 46.9 Å². The van der Waals surface area contributed by atoms with Gasteiger partial charge in [0.05, 0.1) is 26.2 Å². The van der Waals surface area contributed by atoms with Gasteiger partial charge in [-0.15, -0.1) is 0 Å². The highest BCUT2D eigenvalue weighted by atomic mass is 79.9. The third-order valence-electron chi connectivity index (χ3n) is 6.73. The van der Waals surface area contributed by atoms with Crippen molar-refractivity contribution in [3.8, 4) is 0 Å². The lowest BCUT2D eigenvalue weighted by molar-refractivity contribution is -0.931. The molecular weight excluding hydrogens is 446 g/mol. The smallest absolute Gasteiger partial charge is 0.159 e. The fourth-order valence-corrected chi connectivity index (χ4v) is 4.98. The van der Waals surface area contributed by atoms with Crippen LogP contribution in [0.2, 0.25) is 0 Å². The number of nitrogens with zero attached hydrogens (tertiary/aromatic N) is 1. The Labute approximate surface area is 179 Å². The van der Waals surface area contributed by atoms with E-state index in [0.29, 0.717) is 28.8 Å². The fraction of sp³-hybridized carbons (Fsp3) is 0.391. The van der Waals surface area contributed by atoms with Gasteiger partial charge in [-0.25, -0.2) is 17.6 Å². The molecule has 156 valence electrons. The molecule has 0 N–H and O–H groups in total. The number of halogens is 5. The van der Waals surface area contributed by atoms with E-state index in [4.69, 9.17) is 0 Å². The van der Waals surface area contributed by atoms with Crippen LogP contribution in [0.15, 0.2) is 42.5 Å². The number of benzene rings is 2. The monoisotopic (exact) mass is 469 g/mol. The second-order valence-electron chi connectivity index (χ2n) is 8.58. The van der Waals surface area contributed by atoms with Crippen LogP contribution in [0.5, 0.6) is 0 Å². The number of hydrogen-bond acceptors (Lipinski definition) is 0. The highest BCUT2D eigenvalue weighted by Gasteiger charge is 2.48. The van der Waals surface area contributed by atoms with Gasteiger partial charge in [0.15, 0.2) is 23.3 Å². The summed E-state index contributed by atoms with van der Waals surface area (Å²) in [6.45, 7) is 0. The number of allylic oxidation sites excluding steroid dienone is 1. The maximum Gasteiger partial charge on any atom is 0.159 e. The minimum atomic E-state index is -0.951. The van der Waals surface area contributed by atoms with Crippen molar-refractivity contribution in [2.24, 2.45) is 5.92 Å². The van der Waals surface area contributed by atoms with E-state index in [0.717, 1.165) is 41.6 Å². The first-order chi connectivity index (χ1) is 13.3. The summed E-state index contributed by atoms with van der Waals surface area (Å²) < 4.78 is 55.6. The Morgan fingerprint density at radius 1 is 0.793 bits per heavy atom. The number of fused-ring (bicyclic) bond motifs is 2. The lowest BCUT2D eigenvalue weighted by atomic mass is 9.85. The van der Waals surface area contributed by atoms with E-state index in [1.54, 1.807) is 0 Å². The Hall–Kier alpha value is -1.66. The van der Waals surface area contributed by atoms with Gasteiger partial charge in [0.25, 0.3) is 0 Å². The highest BCUT2D eigenvalue weighted by Crippen LogP contribution is 2.43. The van der Waals surface area contributed by atoms with Crippen molar-refractivity contribution in [2.75, 3.05) is 14.1 Å². The van der Waals surface area contributed by atoms with Gasteiger partial charge in [0.1, 0.15) is 0 Å². The largest absolute Gasteiger partial charge is 1.00 e. The molecule has 6 heteroatoms. The molecule has 2 saturated heterocycles. The molecule has 2 bridgehead atoms. The van der Waals surface area contributed by atoms with Crippen LogP contribution < -0.4 is 17.0 Å². The minimum absolute atomic E-state index is 0. The van der Waals surface area contributed by atoms with Gasteiger partial charge >= 0.3 is 0 Å². The quantitative estimate of drug-likeness (QED) is 0.478. The molecule has 2 aromatic carbocycles. The van der Waals surface area contributed by atoms with Crippen molar-refractivity contribution in [1.29, 1.82) is 0 Å². The molecule has 0 radical (unpaired) electrons. The minimum Gasteiger partial charge on any atom is -1.00 e. The zero-order valence-corrected chi connectivity index (χ0v) is 18.0. The third-order valence-corrected chi connectivity index (χ3v) is 6.73. The molecule has 2 aromatic rings. The van der Waals surface area contributed by atoms with Crippen LogP contribution in [0.25, 0.3) is 5.57 Å². The first-order valence-corrected chi connectivity index (χ1v) is 9.71. The van der Waals surface area contributed by atoms with Gasteiger partial charge in [-0.1, -0.05) is 18.2 Å². The van der Waals surface area contributed by atoms with Crippen LogP contribution in [-0.4, -0.2) is 30.7 Å². The number of quaternary nitrogens is 1. The number of rotatable bonds is 3. The van der Waals surface area contributed by atoms with Crippen molar-refractivity contribution >= 4 is 5.57 Å². The van der Waals surface area contributed by atoms with Crippen LogP contribution in [0, 0.1) is 29.2 Å². The van der Waals surface area contributed by atoms with Crippen LogP contribution in [0.4, 0.5) is 17.6 Å². The molecule has 2 unspecified atom stereocenters. The molecule has 2 aliphatic rings. The van der Waals surface area contributed by atoms with E-state index in [1.807, 2.05) is 6.08 Å². The molecule has 4 rings (SSSR count). The molecule has 0 aliphatic carbocycles. The summed E-state index contributed by atoms with van der Waals surface area (Å²) in [6.07, 6.45) is 6.42. The van der Waals surface area contributed by atoms with E-state index >= 15 is 0 Å². The standard InChI is InChI=1S/C23H24F4N.BrH/c1-28(2)17-5-6-18(28)10-14(9-17)11-19(15-3-7-20(24)22(26)12-15)16-4-8-21(25)23(27)13-16;/h3-4,7-8,11-14,17-18H,5-6,9-10H2,1-2H3;1H/q+1;/p-1. The van der Waals surface area contributed by atoms with Crippen LogP contribution in [0.1, 0.15) is 36.8 Å². The van der Waals surface area contributed by atoms with E-state index in [2.05, 4.69) is 14.1 Å². The SMILES string of the molecule is C[N+]1(C)C2CCC1CC(C=C(c1ccc(F)c(F)c1)c1ccc(F)c(F)c1)C2.[Br-]. The normalized spacial score (nSPS) is 24.7. The van der Waals surface area contributed by atoms with Crippen molar-refractivity contribution in [1.82, 2.24) is 0 Å². The van der Waals surface area contributed by atoms with Crippen molar-refractivity contribution in [3.05, 3.63) is 76.9 Å². The molecule has 0 saturated carbocycles. The molecule has 2 aliphatic heterocycles. The van der Waals surface area contributed by atoms with Gasteiger partial charge in [-0.3, -0.25) is 0 Å². The zero-order valence-electron chi connectivity index (χ0n) is 16.4. The second-order valence-corrected chi connectivity index (χ2v) is 8.58. The third kappa shape index (κ3) is 4.15. The molecule has 29 heavy (non-hydrogen) atoms. The summed E-state index contributed by atoms with van der Waals surface area (Å²) >= 11 is 0. The topological polar surface area (TPSA) is 0 Å². The summed E-state index contributed by atoms with van der Waals surface area (Å²) in [5.41, 5.74) is 1.56. The molecular formula is C23H24BrF4N. The molecule has 0 spiro atoms. The van der Waals surface area contributed by atoms with Crippen molar-refractivity contribution in [2.45, 2.75) is 37.8 Å². The Morgan fingerprint density at radius 3 is 1.66 bits per heavy atom. The van der Waals surface area contributed by atoms with E-state index in [-0.39, 0.29) is 22.9 Å². The molecule has 0 amide bonds. The predicted molar refractivity (Wildman–Crippen MR) is 101 cm³/mol. The highest BCUT2D eigenvalue weighted by molar-refractivity contribution is 5.80. The lowest BCUT2D eigenvalue weighted by Gasteiger charge is -2.44. The van der Waals surface area contributed by atoms with E-state index < -0.39 is 23.3 Å². The van der Waals surface area contributed by atoms with Crippen molar-refractivity contribution in [3.63, 3.8) is 0 Å². The van der Waals surface area contributed by atoms with Crippen molar-refractivity contribution < 1.29 is 39.0 Å². The van der Waals surface area contributed by atoms with Gasteiger partial charge in [-0.2, -0.15) is 0 Å². The first-order valence-electron chi connectivity index (χ1n) is 9.71. The Balaban J connectivity index is 0.00000240. The lowest BCUT2D eigenvalue weighted by Crippen LogP contribution is -3.00. The molecule has 1 nitrogen and oxygen atoms in total. The molecule has 2 atom stereocenters. The average Bonchev–Trinajstić information content (AvgIpc) is 2.82. The summed E-state index contributed by atoms with van der Waals surface area (Å²) in [4.78, 5) is 0. The first kappa shape index (κ1) is 22.0. The van der Waals surface area contributed by atoms with Crippen LogP contribution in [0.3, 0.4) is 0 Å². The second kappa shape index (κ2) is 8.23. The summed E-state index contributed by atoms with van der Waals surface area (Å²) in [5.74, 6) is -3.49. The van der Waals surface area contributed by atoms with Gasteiger partial charge < -0.3 is 21.5 Å². The zero-order chi connectivity index (χ0) is 20.1. The van der Waals surface area contributed by atoms with Crippen LogP contribution >= 0.6 is 0 Å². The Kier molecular flexibility index (Phi) is 6.25. The van der Waals surface area contributed by atoms with Gasteiger partial charge in [0.2, 0.25) is 0 Å².